The van der Waals surface area contributed by atoms with Crippen LogP contribution in [-0.2, 0) is 14.4 Å². The Morgan fingerprint density at radius 2 is 0.588 bits per heavy atom. The van der Waals surface area contributed by atoms with E-state index in [-0.39, 0.29) is 61.8 Å². The van der Waals surface area contributed by atoms with E-state index in [2.05, 4.69) is 0 Å². The summed E-state index contributed by atoms with van der Waals surface area (Å²) in [4.78, 5) is 26.7. The van der Waals surface area contributed by atoms with Crippen LogP contribution in [0.1, 0.15) is 20.8 Å². The Kier molecular flexibility index (Phi) is 145. The SMILES string of the molecule is CC(=O)[O-].CC(=O)[O-].CC(=O)[O-].O.O.O.O.[Gd+3]. The first-order chi connectivity index (χ1) is 5.20. The monoisotopic (exact) mass is 407 g/mol. The molecule has 0 saturated heterocycles. The summed E-state index contributed by atoms with van der Waals surface area (Å²) in [5, 5.41) is 26.7. The predicted octanol–water partition coefficient (Wildman–Crippen LogP) is -7.03. The van der Waals surface area contributed by atoms with Gasteiger partial charge in [0.25, 0.3) is 0 Å². The van der Waals surface area contributed by atoms with Gasteiger partial charge in [0.15, 0.2) is 0 Å². The molecule has 0 saturated carbocycles. The molecule has 0 amide bonds. The molecule has 109 valence electrons. The third-order valence-corrected chi connectivity index (χ3v) is 0. The van der Waals surface area contributed by atoms with Gasteiger partial charge in [-0.3, -0.25) is 0 Å². The fourth-order valence-electron chi connectivity index (χ4n) is 0. The maximum atomic E-state index is 8.89. The zero-order valence-electron chi connectivity index (χ0n) is 9.30. The number of hydrogen-bond acceptors (Lipinski definition) is 6. The molecule has 0 fully saturated rings. The smallest absolute Gasteiger partial charge is 0.550 e. The third kappa shape index (κ3) is 15900. The van der Waals surface area contributed by atoms with Crippen LogP contribution in [0.25, 0.3) is 0 Å². The molecule has 0 aromatic heterocycles. The summed E-state index contributed by atoms with van der Waals surface area (Å²) in [7, 11) is 0. The Morgan fingerprint density at radius 1 is 0.588 bits per heavy atom. The van der Waals surface area contributed by atoms with Gasteiger partial charge in [-0.2, -0.15) is 0 Å². The summed E-state index contributed by atoms with van der Waals surface area (Å²) in [5.74, 6) is -3.25. The van der Waals surface area contributed by atoms with Crippen LogP contribution in [0, 0.1) is 39.9 Å². The summed E-state index contributed by atoms with van der Waals surface area (Å²) in [5.41, 5.74) is 0. The molecule has 0 aliphatic heterocycles. The van der Waals surface area contributed by atoms with Crippen molar-refractivity contribution in [3.05, 3.63) is 0 Å². The Balaban J connectivity index is -0.0000000104. The van der Waals surface area contributed by atoms with Crippen molar-refractivity contribution in [1.29, 1.82) is 0 Å². The van der Waals surface area contributed by atoms with Crippen molar-refractivity contribution < 1.29 is 91.5 Å². The van der Waals surface area contributed by atoms with Crippen molar-refractivity contribution in [1.82, 2.24) is 0 Å². The summed E-state index contributed by atoms with van der Waals surface area (Å²) in [6.07, 6.45) is 0. The topological polar surface area (TPSA) is 246 Å². The first kappa shape index (κ1) is 54.7. The number of rotatable bonds is 0. The van der Waals surface area contributed by atoms with Crippen molar-refractivity contribution in [2.45, 2.75) is 20.8 Å². The minimum absolute atomic E-state index is 0. The van der Waals surface area contributed by atoms with E-state index in [0.717, 1.165) is 20.8 Å². The molecule has 10 nitrogen and oxygen atoms in total. The number of carboxylic acid groups (broad SMARTS) is 3. The van der Waals surface area contributed by atoms with Gasteiger partial charge in [0.05, 0.1) is 0 Å². The second-order valence-electron chi connectivity index (χ2n) is 1.47. The first-order valence-electron chi connectivity index (χ1n) is 2.72. The molecular weight excluding hydrogens is 389 g/mol. The predicted molar refractivity (Wildman–Crippen MR) is 46.5 cm³/mol. The molecule has 0 unspecified atom stereocenters. The van der Waals surface area contributed by atoms with Crippen LogP contribution in [0.3, 0.4) is 0 Å². The van der Waals surface area contributed by atoms with Crippen LogP contribution in [0.2, 0.25) is 0 Å². The van der Waals surface area contributed by atoms with Crippen molar-refractivity contribution in [3.8, 4) is 0 Å². The van der Waals surface area contributed by atoms with E-state index >= 15 is 0 Å². The minimum atomic E-state index is -1.08. The van der Waals surface area contributed by atoms with Crippen LogP contribution < -0.4 is 15.3 Å². The molecule has 0 bridgehead atoms. The van der Waals surface area contributed by atoms with Crippen LogP contribution in [0.5, 0.6) is 0 Å². The maximum Gasteiger partial charge on any atom is 3.00 e. The van der Waals surface area contributed by atoms with Crippen molar-refractivity contribution in [2.75, 3.05) is 0 Å². The third-order valence-electron chi connectivity index (χ3n) is 0. The van der Waals surface area contributed by atoms with Crippen molar-refractivity contribution in [3.63, 3.8) is 0 Å². The molecule has 17 heavy (non-hydrogen) atoms. The van der Waals surface area contributed by atoms with Gasteiger partial charge in [0, 0.05) is 17.9 Å². The Hall–Kier alpha value is -0.425. The summed E-state index contributed by atoms with van der Waals surface area (Å²) >= 11 is 0. The summed E-state index contributed by atoms with van der Waals surface area (Å²) in [6.45, 7) is 2.92. The fourth-order valence-corrected chi connectivity index (χ4v) is 0. The van der Waals surface area contributed by atoms with Crippen molar-refractivity contribution in [2.24, 2.45) is 0 Å². The molecule has 0 aliphatic rings. The molecule has 0 aromatic carbocycles. The van der Waals surface area contributed by atoms with E-state index in [1.165, 1.54) is 0 Å². The fraction of sp³-hybridized carbons (Fsp3) is 0.500. The number of aliphatic carboxylic acids is 3. The molecule has 0 spiro atoms. The van der Waals surface area contributed by atoms with Gasteiger partial charge in [0.2, 0.25) is 0 Å². The van der Waals surface area contributed by atoms with E-state index in [9.17, 15) is 0 Å². The van der Waals surface area contributed by atoms with Gasteiger partial charge in [-0.15, -0.1) is 0 Å². The van der Waals surface area contributed by atoms with Gasteiger partial charge < -0.3 is 51.6 Å². The number of hydrogen-bond donors (Lipinski definition) is 0. The van der Waals surface area contributed by atoms with E-state index in [1.54, 1.807) is 0 Å². The Labute approximate surface area is 130 Å². The van der Waals surface area contributed by atoms with E-state index < -0.39 is 17.9 Å². The molecular formula is C6H17GdO10. The van der Waals surface area contributed by atoms with Gasteiger partial charge in [-0.1, -0.05) is 0 Å². The average Bonchev–Trinajstić information content (AvgIpc) is 1.54. The van der Waals surface area contributed by atoms with Gasteiger partial charge in [0.1, 0.15) is 0 Å². The molecule has 0 rings (SSSR count). The maximum absolute atomic E-state index is 8.89. The largest absolute Gasteiger partial charge is 3.00 e. The van der Waals surface area contributed by atoms with E-state index in [1.807, 2.05) is 0 Å². The number of carbonyl (C=O) groups excluding carboxylic acids is 3. The standard InChI is InChI=1S/3C2H4O2.Gd.4H2O/c3*1-2(3)4;;;;;/h3*1H3,(H,3,4);;4*1H2/q;;;+3;;;;/p-3. The van der Waals surface area contributed by atoms with E-state index in [4.69, 9.17) is 29.7 Å². The zero-order valence-corrected chi connectivity index (χ0v) is 11.6. The van der Waals surface area contributed by atoms with Crippen LogP contribution in [0.4, 0.5) is 0 Å². The molecule has 8 N–H and O–H groups in total. The quantitative estimate of drug-likeness (QED) is 0.377. The number of carbonyl (C=O) groups is 3. The summed E-state index contributed by atoms with van der Waals surface area (Å²) < 4.78 is 0. The van der Waals surface area contributed by atoms with Crippen LogP contribution in [0.15, 0.2) is 0 Å². The molecule has 0 aromatic rings. The molecule has 1 radical (unpaired) electrons. The second kappa shape index (κ2) is 45.0. The molecule has 0 heterocycles. The Morgan fingerprint density at radius 3 is 0.588 bits per heavy atom. The van der Waals surface area contributed by atoms with Crippen LogP contribution in [-0.4, -0.2) is 39.8 Å². The van der Waals surface area contributed by atoms with Crippen LogP contribution >= 0.6 is 0 Å². The minimum Gasteiger partial charge on any atom is -0.550 e. The normalized spacial score (nSPS) is 4.41. The van der Waals surface area contributed by atoms with Crippen molar-refractivity contribution >= 4 is 17.9 Å². The average molecular weight is 406 g/mol. The first-order valence-corrected chi connectivity index (χ1v) is 2.72. The van der Waals surface area contributed by atoms with Gasteiger partial charge >= 0.3 is 39.9 Å². The van der Waals surface area contributed by atoms with Gasteiger partial charge in [-0.05, 0) is 20.8 Å². The molecule has 0 aliphatic carbocycles. The van der Waals surface area contributed by atoms with E-state index in [0.29, 0.717) is 0 Å². The molecule has 11 heteroatoms. The molecule has 0 atom stereocenters. The number of carboxylic acids is 3. The van der Waals surface area contributed by atoms with Gasteiger partial charge in [-0.25, -0.2) is 0 Å². The zero-order chi connectivity index (χ0) is 10.7. The Bertz CT molecular complexity index is 118. The second-order valence-corrected chi connectivity index (χ2v) is 1.47. The summed E-state index contributed by atoms with van der Waals surface area (Å²) in [6, 6.07) is 0.